The maximum absolute atomic E-state index is 12.4. The molecule has 0 spiro atoms. The summed E-state index contributed by atoms with van der Waals surface area (Å²) in [6, 6.07) is 10.9. The molecule has 0 unspecified atom stereocenters. The molecule has 0 aliphatic heterocycles. The molecule has 110 valence electrons. The van der Waals surface area contributed by atoms with E-state index in [1.54, 1.807) is 30.3 Å². The second-order valence-corrected chi connectivity index (χ2v) is 7.20. The fourth-order valence-electron chi connectivity index (χ4n) is 2.49. The van der Waals surface area contributed by atoms with Gasteiger partial charge in [0.2, 0.25) is 0 Å². The number of carbonyl (C=O) groups excluding carboxylic acids is 2. The normalized spacial score (nSPS) is 13.3. The molecule has 5 heteroatoms. The van der Waals surface area contributed by atoms with Crippen LogP contribution < -0.4 is 5.32 Å². The summed E-state index contributed by atoms with van der Waals surface area (Å²) in [4.78, 5) is 24.8. The first-order valence-corrected chi connectivity index (χ1v) is 8.75. The van der Waals surface area contributed by atoms with Gasteiger partial charge in [-0.1, -0.05) is 24.3 Å². The number of benzene rings is 2. The van der Waals surface area contributed by atoms with E-state index in [4.69, 9.17) is 0 Å². The van der Waals surface area contributed by atoms with Gasteiger partial charge in [-0.05, 0) is 69.0 Å². The number of hydrogen-bond acceptors (Lipinski definition) is 3. The summed E-state index contributed by atoms with van der Waals surface area (Å²) in [6.45, 7) is 0. The lowest BCUT2D eigenvalue weighted by atomic mass is 10.1. The van der Waals surface area contributed by atoms with Crippen molar-refractivity contribution in [2.45, 2.75) is 0 Å². The Bertz CT molecular complexity index is 780. The molecule has 22 heavy (non-hydrogen) atoms. The monoisotopic (exact) mass is 515 g/mol. The van der Waals surface area contributed by atoms with Gasteiger partial charge < -0.3 is 5.32 Å². The molecule has 2 aromatic rings. The van der Waals surface area contributed by atoms with Crippen LogP contribution in [0.4, 0.5) is 5.69 Å². The van der Waals surface area contributed by atoms with Gasteiger partial charge in [-0.3, -0.25) is 9.59 Å². The van der Waals surface area contributed by atoms with Crippen molar-refractivity contribution in [2.75, 3.05) is 12.4 Å². The predicted octanol–water partition coefficient (Wildman–Crippen LogP) is 4.40. The average molecular weight is 515 g/mol. The largest absolute Gasteiger partial charge is 0.386 e. The van der Waals surface area contributed by atoms with Crippen molar-refractivity contribution in [2.24, 2.45) is 0 Å². The standard InChI is InChI=1S/C17H11I2NO2/c1-20-15-13(18)7-9(8-14(15)19)6-12-16(21)10-4-2-3-5-11(10)17(12)22/h2-8,20H,1H3. The van der Waals surface area contributed by atoms with Crippen LogP contribution in [0.25, 0.3) is 6.08 Å². The maximum atomic E-state index is 12.4. The Labute approximate surface area is 155 Å². The molecule has 0 saturated heterocycles. The number of anilines is 1. The summed E-state index contributed by atoms with van der Waals surface area (Å²) in [5.74, 6) is -0.383. The fraction of sp³-hybridized carbons (Fsp3) is 0.0588. The minimum absolute atomic E-state index is 0.191. The first kappa shape index (κ1) is 15.7. The quantitative estimate of drug-likeness (QED) is 0.367. The highest BCUT2D eigenvalue weighted by Crippen LogP contribution is 2.30. The van der Waals surface area contributed by atoms with Crippen molar-refractivity contribution < 1.29 is 9.59 Å². The minimum Gasteiger partial charge on any atom is -0.386 e. The molecular formula is C17H11I2NO2. The van der Waals surface area contributed by atoms with Crippen molar-refractivity contribution in [3.8, 4) is 0 Å². The van der Waals surface area contributed by atoms with E-state index in [1.807, 2.05) is 19.2 Å². The van der Waals surface area contributed by atoms with E-state index in [1.165, 1.54) is 0 Å². The number of halogens is 2. The fourth-order valence-corrected chi connectivity index (χ4v) is 4.84. The van der Waals surface area contributed by atoms with E-state index in [0.29, 0.717) is 11.1 Å². The Morgan fingerprint density at radius 1 is 0.955 bits per heavy atom. The van der Waals surface area contributed by atoms with Crippen LogP contribution in [-0.4, -0.2) is 18.6 Å². The zero-order valence-corrected chi connectivity index (χ0v) is 15.9. The van der Waals surface area contributed by atoms with Gasteiger partial charge in [-0.25, -0.2) is 0 Å². The van der Waals surface area contributed by atoms with Gasteiger partial charge in [0, 0.05) is 25.3 Å². The van der Waals surface area contributed by atoms with Crippen molar-refractivity contribution in [1.82, 2.24) is 0 Å². The third-order valence-electron chi connectivity index (χ3n) is 3.53. The van der Waals surface area contributed by atoms with Crippen LogP contribution >= 0.6 is 45.2 Å². The number of rotatable bonds is 2. The lowest BCUT2D eigenvalue weighted by Crippen LogP contribution is -2.01. The topological polar surface area (TPSA) is 46.2 Å². The number of carbonyl (C=O) groups is 2. The highest BCUT2D eigenvalue weighted by atomic mass is 127. The highest BCUT2D eigenvalue weighted by molar-refractivity contribution is 14.1. The van der Waals surface area contributed by atoms with Crippen LogP contribution in [0.15, 0.2) is 42.0 Å². The first-order valence-electron chi connectivity index (χ1n) is 6.60. The molecular weight excluding hydrogens is 504 g/mol. The van der Waals surface area contributed by atoms with Crippen LogP contribution in [0.3, 0.4) is 0 Å². The third-order valence-corrected chi connectivity index (χ3v) is 5.23. The predicted molar refractivity (Wildman–Crippen MR) is 105 cm³/mol. The van der Waals surface area contributed by atoms with Crippen LogP contribution in [0.2, 0.25) is 0 Å². The van der Waals surface area contributed by atoms with Gasteiger partial charge in [-0.2, -0.15) is 0 Å². The third kappa shape index (κ3) is 2.60. The molecule has 0 bridgehead atoms. The van der Waals surface area contributed by atoms with Gasteiger partial charge in [0.15, 0.2) is 11.6 Å². The van der Waals surface area contributed by atoms with E-state index < -0.39 is 0 Å². The molecule has 0 atom stereocenters. The minimum atomic E-state index is -0.191. The summed E-state index contributed by atoms with van der Waals surface area (Å²) < 4.78 is 2.10. The van der Waals surface area contributed by atoms with Crippen LogP contribution in [0.1, 0.15) is 26.3 Å². The smallest absolute Gasteiger partial charge is 0.197 e. The molecule has 0 amide bonds. The average Bonchev–Trinajstić information content (AvgIpc) is 2.73. The summed E-state index contributed by atoms with van der Waals surface area (Å²) in [6.07, 6.45) is 1.69. The molecule has 2 aromatic carbocycles. The van der Waals surface area contributed by atoms with Gasteiger partial charge >= 0.3 is 0 Å². The summed E-state index contributed by atoms with van der Waals surface area (Å²) in [7, 11) is 1.87. The molecule has 1 N–H and O–H groups in total. The Balaban J connectivity index is 2.08. The highest BCUT2D eigenvalue weighted by Gasteiger charge is 2.32. The molecule has 0 radical (unpaired) electrons. The van der Waals surface area contributed by atoms with E-state index in [2.05, 4.69) is 50.5 Å². The SMILES string of the molecule is CNc1c(I)cc(C=C2C(=O)c3ccccc3C2=O)cc1I. The molecule has 3 rings (SSSR count). The van der Waals surface area contributed by atoms with Gasteiger partial charge in [0.25, 0.3) is 0 Å². The number of nitrogens with one attached hydrogen (secondary N) is 1. The molecule has 0 saturated carbocycles. The van der Waals surface area contributed by atoms with Gasteiger partial charge in [-0.15, -0.1) is 0 Å². The van der Waals surface area contributed by atoms with Crippen LogP contribution in [0, 0.1) is 7.14 Å². The Morgan fingerprint density at radius 2 is 1.45 bits per heavy atom. The Kier molecular flexibility index (Phi) is 4.35. The van der Waals surface area contributed by atoms with E-state index in [0.717, 1.165) is 18.4 Å². The van der Waals surface area contributed by atoms with Crippen molar-refractivity contribution in [3.05, 3.63) is 65.8 Å². The van der Waals surface area contributed by atoms with Crippen molar-refractivity contribution in [3.63, 3.8) is 0 Å². The summed E-state index contributed by atoms with van der Waals surface area (Å²) >= 11 is 4.48. The molecule has 0 heterocycles. The summed E-state index contributed by atoms with van der Waals surface area (Å²) in [5.41, 5.74) is 3.14. The molecule has 1 aliphatic rings. The molecule has 0 aromatic heterocycles. The Hall–Kier alpha value is -1.22. The second kappa shape index (κ2) is 6.11. The molecule has 1 aliphatic carbocycles. The molecule has 3 nitrogen and oxygen atoms in total. The zero-order valence-electron chi connectivity index (χ0n) is 11.6. The maximum Gasteiger partial charge on any atom is 0.197 e. The van der Waals surface area contributed by atoms with Crippen LogP contribution in [-0.2, 0) is 0 Å². The zero-order chi connectivity index (χ0) is 15.9. The number of Topliss-reactive ketones (excluding diaryl/α,β-unsaturated/α-hetero) is 2. The number of allylic oxidation sites excluding steroid dienone is 1. The van der Waals surface area contributed by atoms with Gasteiger partial charge in [0.05, 0.1) is 11.3 Å². The Morgan fingerprint density at radius 3 is 1.91 bits per heavy atom. The summed E-state index contributed by atoms with van der Waals surface area (Å²) in [5, 5.41) is 3.15. The van der Waals surface area contributed by atoms with Crippen molar-refractivity contribution in [1.29, 1.82) is 0 Å². The second-order valence-electron chi connectivity index (χ2n) is 4.87. The molecule has 0 fully saturated rings. The number of fused-ring (bicyclic) bond motifs is 1. The van der Waals surface area contributed by atoms with E-state index in [9.17, 15) is 9.59 Å². The number of ketones is 2. The van der Waals surface area contributed by atoms with E-state index in [-0.39, 0.29) is 17.1 Å². The lowest BCUT2D eigenvalue weighted by molar-refractivity contribution is 0.0990. The first-order chi connectivity index (χ1) is 10.5. The van der Waals surface area contributed by atoms with E-state index >= 15 is 0 Å². The van der Waals surface area contributed by atoms with Crippen molar-refractivity contribution >= 4 is 68.5 Å². The van der Waals surface area contributed by atoms with Gasteiger partial charge in [0.1, 0.15) is 0 Å². The van der Waals surface area contributed by atoms with Crippen LogP contribution in [0.5, 0.6) is 0 Å². The lowest BCUT2D eigenvalue weighted by Gasteiger charge is -2.08. The number of hydrogen-bond donors (Lipinski definition) is 1.